The van der Waals surface area contributed by atoms with Crippen molar-refractivity contribution >= 4 is 0 Å². The molecule has 1 N–H and O–H groups in total. The van der Waals surface area contributed by atoms with Crippen LogP contribution in [0.3, 0.4) is 0 Å². The van der Waals surface area contributed by atoms with Crippen molar-refractivity contribution in [2.24, 2.45) is 5.92 Å². The Morgan fingerprint density at radius 3 is 2.69 bits per heavy atom. The number of hydrogen-bond donors (Lipinski definition) is 1. The number of nitrogens with zero attached hydrogens (tertiary/aromatic N) is 1. The third-order valence-corrected chi connectivity index (χ3v) is 2.80. The first-order valence-electron chi connectivity index (χ1n) is 5.91. The Bertz CT molecular complexity index is 313. The summed E-state index contributed by atoms with van der Waals surface area (Å²) in [7, 11) is 1.87. The highest BCUT2D eigenvalue weighted by atomic mass is 19.1. The smallest absolute Gasteiger partial charge is 0.146 e. The zero-order valence-corrected chi connectivity index (χ0v) is 10.3. The minimum absolute atomic E-state index is 0.0988. The minimum atomic E-state index is -0.216. The van der Waals surface area contributed by atoms with Gasteiger partial charge >= 0.3 is 0 Å². The molecule has 0 aliphatic rings. The average Bonchev–Trinajstić information content (AvgIpc) is 2.25. The van der Waals surface area contributed by atoms with Crippen LogP contribution < -0.4 is 5.32 Å². The largest absolute Gasteiger partial charge is 0.313 e. The second kappa shape index (κ2) is 6.59. The van der Waals surface area contributed by atoms with Crippen LogP contribution in [0.1, 0.15) is 44.7 Å². The van der Waals surface area contributed by atoms with E-state index in [2.05, 4.69) is 24.1 Å². The van der Waals surface area contributed by atoms with Crippen LogP contribution in [0.5, 0.6) is 0 Å². The van der Waals surface area contributed by atoms with Gasteiger partial charge < -0.3 is 5.32 Å². The lowest BCUT2D eigenvalue weighted by Crippen LogP contribution is -2.18. The average molecular weight is 224 g/mol. The minimum Gasteiger partial charge on any atom is -0.313 e. The highest BCUT2D eigenvalue weighted by Crippen LogP contribution is 2.22. The fraction of sp³-hybridized carbons (Fsp3) is 0.615. The van der Waals surface area contributed by atoms with Gasteiger partial charge in [0, 0.05) is 17.8 Å². The maximum absolute atomic E-state index is 13.5. The predicted molar refractivity (Wildman–Crippen MR) is 64.7 cm³/mol. The van der Waals surface area contributed by atoms with Gasteiger partial charge in [0.1, 0.15) is 5.82 Å². The second-order valence-electron chi connectivity index (χ2n) is 4.56. The van der Waals surface area contributed by atoms with E-state index in [-0.39, 0.29) is 11.9 Å². The maximum Gasteiger partial charge on any atom is 0.146 e. The van der Waals surface area contributed by atoms with E-state index in [4.69, 9.17) is 0 Å². The molecule has 1 aromatic rings. The first-order chi connectivity index (χ1) is 7.65. The van der Waals surface area contributed by atoms with E-state index < -0.39 is 0 Å². The van der Waals surface area contributed by atoms with Crippen LogP contribution in [0, 0.1) is 11.7 Å². The Hall–Kier alpha value is -0.960. The maximum atomic E-state index is 13.5. The molecule has 0 aromatic carbocycles. The molecule has 1 aromatic heterocycles. The van der Waals surface area contributed by atoms with Gasteiger partial charge in [-0.3, -0.25) is 4.98 Å². The summed E-state index contributed by atoms with van der Waals surface area (Å²) in [5, 5.41) is 3.17. The Morgan fingerprint density at radius 2 is 2.12 bits per heavy atom. The molecule has 1 rings (SSSR count). The van der Waals surface area contributed by atoms with E-state index in [0.29, 0.717) is 5.92 Å². The molecule has 0 saturated heterocycles. The number of hydrogen-bond acceptors (Lipinski definition) is 2. The van der Waals surface area contributed by atoms with Gasteiger partial charge in [0.15, 0.2) is 0 Å². The number of halogens is 1. The number of rotatable bonds is 6. The molecule has 3 heteroatoms. The van der Waals surface area contributed by atoms with Crippen molar-refractivity contribution in [1.82, 2.24) is 10.3 Å². The van der Waals surface area contributed by atoms with Crippen LogP contribution in [0.4, 0.5) is 4.39 Å². The second-order valence-corrected chi connectivity index (χ2v) is 4.56. The van der Waals surface area contributed by atoms with Crippen LogP contribution >= 0.6 is 0 Å². The summed E-state index contributed by atoms with van der Waals surface area (Å²) < 4.78 is 13.5. The molecule has 0 fully saturated rings. The molecule has 0 spiro atoms. The summed E-state index contributed by atoms with van der Waals surface area (Å²) in [5.74, 6) is 0.492. The van der Waals surface area contributed by atoms with Gasteiger partial charge in [-0.15, -0.1) is 0 Å². The zero-order chi connectivity index (χ0) is 12.0. The van der Waals surface area contributed by atoms with Crippen molar-refractivity contribution < 1.29 is 4.39 Å². The van der Waals surface area contributed by atoms with Crippen molar-refractivity contribution in [3.8, 4) is 0 Å². The van der Waals surface area contributed by atoms with E-state index in [1.54, 1.807) is 12.3 Å². The van der Waals surface area contributed by atoms with E-state index in [0.717, 1.165) is 18.4 Å². The van der Waals surface area contributed by atoms with Crippen molar-refractivity contribution in [2.75, 3.05) is 7.05 Å². The summed E-state index contributed by atoms with van der Waals surface area (Å²) >= 11 is 0. The van der Waals surface area contributed by atoms with Crippen molar-refractivity contribution in [2.45, 2.75) is 39.2 Å². The molecular weight excluding hydrogens is 203 g/mol. The Kier molecular flexibility index (Phi) is 5.39. The SMILES string of the molecule is CNC(CCCC(C)C)c1ccncc1F. The van der Waals surface area contributed by atoms with Crippen LogP contribution in [0.2, 0.25) is 0 Å². The lowest BCUT2D eigenvalue weighted by molar-refractivity contribution is 0.455. The molecule has 1 atom stereocenters. The topological polar surface area (TPSA) is 24.9 Å². The molecule has 0 amide bonds. The first-order valence-corrected chi connectivity index (χ1v) is 5.91. The summed E-state index contributed by atoms with van der Waals surface area (Å²) in [6, 6.07) is 1.85. The first kappa shape index (κ1) is 13.1. The van der Waals surface area contributed by atoms with Crippen molar-refractivity contribution in [3.05, 3.63) is 29.8 Å². The molecular formula is C13H21FN2. The van der Waals surface area contributed by atoms with Crippen LogP contribution in [-0.2, 0) is 0 Å². The summed E-state index contributed by atoms with van der Waals surface area (Å²) in [6.07, 6.45) is 6.19. The number of aromatic nitrogens is 1. The molecule has 0 aliphatic carbocycles. The van der Waals surface area contributed by atoms with E-state index >= 15 is 0 Å². The lowest BCUT2D eigenvalue weighted by Gasteiger charge is -2.17. The number of pyridine rings is 1. The molecule has 0 bridgehead atoms. The van der Waals surface area contributed by atoms with Gasteiger partial charge in [-0.1, -0.05) is 26.7 Å². The van der Waals surface area contributed by atoms with Gasteiger partial charge in [-0.05, 0) is 25.5 Å². The monoisotopic (exact) mass is 224 g/mol. The summed E-state index contributed by atoms with van der Waals surface area (Å²) in [6.45, 7) is 4.42. The van der Waals surface area contributed by atoms with E-state index in [9.17, 15) is 4.39 Å². The van der Waals surface area contributed by atoms with Gasteiger partial charge in [-0.25, -0.2) is 4.39 Å². The van der Waals surface area contributed by atoms with Crippen molar-refractivity contribution in [3.63, 3.8) is 0 Å². The van der Waals surface area contributed by atoms with Crippen LogP contribution in [0.15, 0.2) is 18.5 Å². The van der Waals surface area contributed by atoms with E-state index in [1.165, 1.54) is 12.6 Å². The zero-order valence-electron chi connectivity index (χ0n) is 10.3. The quantitative estimate of drug-likeness (QED) is 0.802. The molecule has 2 nitrogen and oxygen atoms in total. The van der Waals surface area contributed by atoms with Gasteiger partial charge in [0.25, 0.3) is 0 Å². The molecule has 16 heavy (non-hydrogen) atoms. The molecule has 1 unspecified atom stereocenters. The fourth-order valence-corrected chi connectivity index (χ4v) is 1.85. The molecule has 90 valence electrons. The van der Waals surface area contributed by atoms with Crippen molar-refractivity contribution in [1.29, 1.82) is 0 Å². The lowest BCUT2D eigenvalue weighted by atomic mass is 9.98. The molecule has 1 heterocycles. The number of nitrogens with one attached hydrogen (secondary N) is 1. The normalized spacial score (nSPS) is 13.1. The standard InChI is InChI=1S/C13H21FN2/c1-10(2)5-4-6-13(15-3)11-7-8-16-9-12(11)14/h7-10,13,15H,4-6H2,1-3H3. The Labute approximate surface area is 97.3 Å². The fourth-order valence-electron chi connectivity index (χ4n) is 1.85. The molecule has 0 saturated carbocycles. The molecule has 0 radical (unpaired) electrons. The van der Waals surface area contributed by atoms with E-state index in [1.807, 2.05) is 7.05 Å². The predicted octanol–water partition coefficient (Wildman–Crippen LogP) is 3.31. The highest BCUT2D eigenvalue weighted by Gasteiger charge is 2.13. The highest BCUT2D eigenvalue weighted by molar-refractivity contribution is 5.17. The third kappa shape index (κ3) is 3.89. The summed E-state index contributed by atoms with van der Waals surface area (Å²) in [5.41, 5.74) is 0.723. The van der Waals surface area contributed by atoms with Gasteiger partial charge in [0.05, 0.1) is 6.20 Å². The third-order valence-electron chi connectivity index (χ3n) is 2.80. The molecule has 0 aliphatic heterocycles. The van der Waals surface area contributed by atoms with Gasteiger partial charge in [-0.2, -0.15) is 0 Å². The van der Waals surface area contributed by atoms with Crippen LogP contribution in [-0.4, -0.2) is 12.0 Å². The summed E-state index contributed by atoms with van der Waals surface area (Å²) in [4.78, 5) is 3.77. The Morgan fingerprint density at radius 1 is 1.38 bits per heavy atom. The van der Waals surface area contributed by atoms with Gasteiger partial charge in [0.2, 0.25) is 0 Å². The van der Waals surface area contributed by atoms with Crippen LogP contribution in [0.25, 0.3) is 0 Å². The Balaban J connectivity index is 2.57.